The molecule has 0 amide bonds. The van der Waals surface area contributed by atoms with Crippen LogP contribution in [0.3, 0.4) is 0 Å². The number of fused-ring (bicyclic) bond motifs is 1. The van der Waals surface area contributed by atoms with E-state index in [2.05, 4.69) is 36.5 Å². The zero-order valence-corrected chi connectivity index (χ0v) is 10.6. The van der Waals surface area contributed by atoms with Crippen molar-refractivity contribution in [1.82, 2.24) is 5.32 Å². The van der Waals surface area contributed by atoms with Gasteiger partial charge in [0.2, 0.25) is 0 Å². The molecule has 1 saturated heterocycles. The largest absolute Gasteiger partial charge is 0.316 e. The van der Waals surface area contributed by atoms with Crippen LogP contribution in [-0.4, -0.2) is 13.1 Å². The molecular formula is C16H21N. The monoisotopic (exact) mass is 227 g/mol. The van der Waals surface area contributed by atoms with Gasteiger partial charge in [0.05, 0.1) is 0 Å². The summed E-state index contributed by atoms with van der Waals surface area (Å²) in [6, 6.07) is 9.64. The molecule has 90 valence electrons. The number of hydrogen-bond acceptors (Lipinski definition) is 1. The van der Waals surface area contributed by atoms with E-state index in [4.69, 9.17) is 0 Å². The van der Waals surface area contributed by atoms with E-state index >= 15 is 0 Å². The SMILES string of the molecule is CC1(c2ccc(C34CCNCC3C4)cc2)CC1. The molecule has 0 spiro atoms. The second-order valence-corrected chi connectivity index (χ2v) is 6.65. The number of hydrogen-bond donors (Lipinski definition) is 1. The van der Waals surface area contributed by atoms with Gasteiger partial charge in [0.1, 0.15) is 0 Å². The molecule has 3 aliphatic rings. The molecule has 2 saturated carbocycles. The van der Waals surface area contributed by atoms with Gasteiger partial charge in [-0.15, -0.1) is 0 Å². The minimum atomic E-state index is 0.521. The molecule has 3 fully saturated rings. The van der Waals surface area contributed by atoms with E-state index in [1.165, 1.54) is 38.8 Å². The standard InChI is InChI=1S/C16H21N/c1-15(6-7-15)12-2-4-13(5-3-12)16-8-9-17-11-14(16)10-16/h2-5,14,17H,6-11H2,1H3. The summed E-state index contributed by atoms with van der Waals surface area (Å²) in [7, 11) is 0. The Morgan fingerprint density at radius 1 is 1.06 bits per heavy atom. The first-order valence-corrected chi connectivity index (χ1v) is 7.05. The number of nitrogens with one attached hydrogen (secondary N) is 1. The maximum atomic E-state index is 3.52. The highest BCUT2D eigenvalue weighted by molar-refractivity contribution is 5.40. The van der Waals surface area contributed by atoms with E-state index in [-0.39, 0.29) is 0 Å². The van der Waals surface area contributed by atoms with Gasteiger partial charge >= 0.3 is 0 Å². The van der Waals surface area contributed by atoms with Crippen molar-refractivity contribution in [2.45, 2.75) is 43.4 Å². The highest BCUT2D eigenvalue weighted by Gasteiger charge is 2.55. The molecule has 2 atom stereocenters. The lowest BCUT2D eigenvalue weighted by Crippen LogP contribution is -2.31. The van der Waals surface area contributed by atoms with Gasteiger partial charge < -0.3 is 5.32 Å². The number of rotatable bonds is 2. The third kappa shape index (κ3) is 1.41. The molecule has 0 bridgehead atoms. The predicted octanol–water partition coefficient (Wildman–Crippen LogP) is 2.99. The molecule has 2 aliphatic carbocycles. The van der Waals surface area contributed by atoms with Gasteiger partial charge in [-0.05, 0) is 61.2 Å². The minimum absolute atomic E-state index is 0.521. The highest BCUT2D eigenvalue weighted by Crippen LogP contribution is 2.58. The zero-order valence-electron chi connectivity index (χ0n) is 10.6. The maximum absolute atomic E-state index is 3.52. The fraction of sp³-hybridized carbons (Fsp3) is 0.625. The van der Waals surface area contributed by atoms with E-state index < -0.39 is 0 Å². The molecule has 17 heavy (non-hydrogen) atoms. The van der Waals surface area contributed by atoms with Crippen LogP contribution in [0.5, 0.6) is 0 Å². The summed E-state index contributed by atoms with van der Waals surface area (Å²) >= 11 is 0. The van der Waals surface area contributed by atoms with Crippen molar-refractivity contribution >= 4 is 0 Å². The molecule has 1 aliphatic heterocycles. The van der Waals surface area contributed by atoms with Crippen LogP contribution in [-0.2, 0) is 10.8 Å². The van der Waals surface area contributed by atoms with Gasteiger partial charge in [-0.3, -0.25) is 0 Å². The van der Waals surface area contributed by atoms with Gasteiger partial charge in [-0.25, -0.2) is 0 Å². The van der Waals surface area contributed by atoms with Crippen molar-refractivity contribution < 1.29 is 0 Å². The molecule has 4 rings (SSSR count). The molecule has 1 N–H and O–H groups in total. The van der Waals surface area contributed by atoms with E-state index in [0.29, 0.717) is 10.8 Å². The van der Waals surface area contributed by atoms with E-state index in [9.17, 15) is 0 Å². The van der Waals surface area contributed by atoms with Crippen molar-refractivity contribution in [2.75, 3.05) is 13.1 Å². The van der Waals surface area contributed by atoms with Crippen molar-refractivity contribution in [2.24, 2.45) is 5.92 Å². The average molecular weight is 227 g/mol. The van der Waals surface area contributed by atoms with Crippen molar-refractivity contribution in [1.29, 1.82) is 0 Å². The molecule has 0 aromatic heterocycles. The Hall–Kier alpha value is -0.820. The summed E-state index contributed by atoms with van der Waals surface area (Å²) in [6.45, 7) is 4.83. The van der Waals surface area contributed by atoms with Crippen LogP contribution < -0.4 is 5.32 Å². The molecule has 2 unspecified atom stereocenters. The van der Waals surface area contributed by atoms with Crippen LogP contribution in [0.25, 0.3) is 0 Å². The summed E-state index contributed by atoms with van der Waals surface area (Å²) in [6.07, 6.45) is 5.51. The Morgan fingerprint density at radius 2 is 1.76 bits per heavy atom. The third-order valence-corrected chi connectivity index (χ3v) is 5.53. The first-order valence-electron chi connectivity index (χ1n) is 7.05. The Labute approximate surface area is 104 Å². The van der Waals surface area contributed by atoms with Crippen LogP contribution in [0.4, 0.5) is 0 Å². The average Bonchev–Trinajstić information content (AvgIpc) is 3.25. The quantitative estimate of drug-likeness (QED) is 0.819. The lowest BCUT2D eigenvalue weighted by molar-refractivity contribution is 0.445. The third-order valence-electron chi connectivity index (χ3n) is 5.53. The van der Waals surface area contributed by atoms with Gasteiger partial charge in [0.15, 0.2) is 0 Å². The second-order valence-electron chi connectivity index (χ2n) is 6.65. The zero-order chi connectivity index (χ0) is 11.5. The summed E-state index contributed by atoms with van der Waals surface area (Å²) < 4.78 is 0. The molecule has 1 aromatic rings. The fourth-order valence-electron chi connectivity index (χ4n) is 3.72. The minimum Gasteiger partial charge on any atom is -0.316 e. The first-order chi connectivity index (χ1) is 8.23. The van der Waals surface area contributed by atoms with Gasteiger partial charge in [0.25, 0.3) is 0 Å². The Morgan fingerprint density at radius 3 is 2.41 bits per heavy atom. The fourth-order valence-corrected chi connectivity index (χ4v) is 3.72. The van der Waals surface area contributed by atoms with Crippen molar-refractivity contribution in [3.8, 4) is 0 Å². The Kier molecular flexibility index (Phi) is 1.87. The summed E-state index contributed by atoms with van der Waals surface area (Å²) in [4.78, 5) is 0. The lowest BCUT2D eigenvalue weighted by Gasteiger charge is -2.24. The van der Waals surface area contributed by atoms with Crippen LogP contribution >= 0.6 is 0 Å². The first kappa shape index (κ1) is 10.1. The van der Waals surface area contributed by atoms with Crippen molar-refractivity contribution in [3.05, 3.63) is 35.4 Å². The predicted molar refractivity (Wildman–Crippen MR) is 70.3 cm³/mol. The maximum Gasteiger partial charge on any atom is 0.000912 e. The summed E-state index contributed by atoms with van der Waals surface area (Å²) in [5, 5.41) is 3.52. The van der Waals surface area contributed by atoms with Gasteiger partial charge in [0, 0.05) is 5.41 Å². The summed E-state index contributed by atoms with van der Waals surface area (Å²) in [5.41, 5.74) is 4.25. The smallest absolute Gasteiger partial charge is 0.000912 e. The normalized spacial score (nSPS) is 37.4. The molecular weight excluding hydrogens is 206 g/mol. The van der Waals surface area contributed by atoms with E-state index in [1.54, 1.807) is 11.1 Å². The number of piperidine rings is 1. The lowest BCUT2D eigenvalue weighted by atomic mass is 9.86. The second kappa shape index (κ2) is 3.14. The van der Waals surface area contributed by atoms with Gasteiger partial charge in [-0.2, -0.15) is 0 Å². The van der Waals surface area contributed by atoms with Crippen LogP contribution in [0.1, 0.15) is 43.7 Å². The van der Waals surface area contributed by atoms with Crippen LogP contribution in [0, 0.1) is 5.92 Å². The molecule has 1 heteroatoms. The van der Waals surface area contributed by atoms with Crippen molar-refractivity contribution in [3.63, 3.8) is 0 Å². The van der Waals surface area contributed by atoms with E-state index in [0.717, 1.165) is 5.92 Å². The molecule has 1 heterocycles. The topological polar surface area (TPSA) is 12.0 Å². The molecule has 1 nitrogen and oxygen atoms in total. The van der Waals surface area contributed by atoms with E-state index in [1.807, 2.05) is 0 Å². The Balaban J connectivity index is 1.63. The number of benzene rings is 1. The highest BCUT2D eigenvalue weighted by atomic mass is 14.9. The Bertz CT molecular complexity index is 443. The van der Waals surface area contributed by atoms with Gasteiger partial charge in [-0.1, -0.05) is 31.2 Å². The summed E-state index contributed by atoms with van der Waals surface area (Å²) in [5.74, 6) is 0.915. The molecule has 0 radical (unpaired) electrons. The van der Waals surface area contributed by atoms with Crippen LogP contribution in [0.15, 0.2) is 24.3 Å². The van der Waals surface area contributed by atoms with Crippen LogP contribution in [0.2, 0.25) is 0 Å². The molecule has 1 aromatic carbocycles.